The van der Waals surface area contributed by atoms with Gasteiger partial charge in [0.25, 0.3) is 0 Å². The summed E-state index contributed by atoms with van der Waals surface area (Å²) in [7, 11) is 0. The minimum Gasteiger partial charge on any atom is -0.203 e. The van der Waals surface area contributed by atoms with Crippen molar-refractivity contribution in [1.82, 2.24) is 0 Å². The molecule has 2 heterocycles. The Kier molecular flexibility index (Phi) is 4.87. The Morgan fingerprint density at radius 3 is 1.19 bits per heavy atom. The average molecular weight is 391 g/mol. The molecule has 26 heavy (non-hydrogen) atoms. The summed E-state index contributed by atoms with van der Waals surface area (Å²) in [5.74, 6) is -1.54. The SMILES string of the molecule is CC(C)(C)c1ccc(-c2ccc(-c3ccc(C(C)(C)C)s3)c(F)c2F)s1. The van der Waals surface area contributed by atoms with E-state index in [0.717, 1.165) is 19.5 Å². The van der Waals surface area contributed by atoms with E-state index in [0.29, 0.717) is 11.1 Å². The van der Waals surface area contributed by atoms with Crippen LogP contribution in [0, 0.1) is 11.6 Å². The van der Waals surface area contributed by atoms with E-state index in [4.69, 9.17) is 0 Å². The molecule has 0 aliphatic heterocycles. The summed E-state index contributed by atoms with van der Waals surface area (Å²) in [5.41, 5.74) is 0.662. The van der Waals surface area contributed by atoms with E-state index >= 15 is 0 Å². The molecule has 0 radical (unpaired) electrons. The van der Waals surface area contributed by atoms with Gasteiger partial charge in [-0.15, -0.1) is 22.7 Å². The number of hydrogen-bond acceptors (Lipinski definition) is 2. The molecule has 0 atom stereocenters. The molecule has 0 spiro atoms. The molecule has 0 nitrogen and oxygen atoms in total. The van der Waals surface area contributed by atoms with Crippen LogP contribution in [0.25, 0.3) is 20.9 Å². The van der Waals surface area contributed by atoms with Crippen molar-refractivity contribution in [2.45, 2.75) is 52.4 Å². The fourth-order valence-electron chi connectivity index (χ4n) is 2.70. The molecule has 0 saturated heterocycles. The van der Waals surface area contributed by atoms with E-state index < -0.39 is 11.6 Å². The van der Waals surface area contributed by atoms with E-state index in [-0.39, 0.29) is 10.8 Å². The van der Waals surface area contributed by atoms with E-state index in [1.165, 1.54) is 22.7 Å². The van der Waals surface area contributed by atoms with Crippen molar-refractivity contribution < 1.29 is 8.78 Å². The summed E-state index contributed by atoms with van der Waals surface area (Å²) >= 11 is 3.04. The highest BCUT2D eigenvalue weighted by molar-refractivity contribution is 7.16. The zero-order chi connectivity index (χ0) is 19.3. The van der Waals surface area contributed by atoms with Gasteiger partial charge in [-0.3, -0.25) is 0 Å². The molecule has 2 aromatic heterocycles. The van der Waals surface area contributed by atoms with E-state index in [1.807, 2.05) is 24.3 Å². The largest absolute Gasteiger partial charge is 0.203 e. The topological polar surface area (TPSA) is 0 Å². The van der Waals surface area contributed by atoms with Crippen molar-refractivity contribution in [1.29, 1.82) is 0 Å². The Hall–Kier alpha value is -1.52. The molecule has 4 heteroatoms. The lowest BCUT2D eigenvalue weighted by Crippen LogP contribution is -2.07. The molecule has 3 aromatic rings. The maximum absolute atomic E-state index is 14.8. The lowest BCUT2D eigenvalue weighted by atomic mass is 9.95. The molecular weight excluding hydrogens is 366 g/mol. The standard InChI is InChI=1S/C22H24F2S2/c1-21(2,3)17-11-9-15(25-17)13-7-8-14(20(24)19(13)23)16-10-12-18(26-16)22(4,5)6/h7-12H,1-6H3. The highest BCUT2D eigenvalue weighted by Crippen LogP contribution is 2.40. The van der Waals surface area contributed by atoms with Crippen LogP contribution in [-0.2, 0) is 10.8 Å². The van der Waals surface area contributed by atoms with Crippen molar-refractivity contribution in [3.63, 3.8) is 0 Å². The Balaban J connectivity index is 2.02. The van der Waals surface area contributed by atoms with Crippen LogP contribution in [0.3, 0.4) is 0 Å². The van der Waals surface area contributed by atoms with Gasteiger partial charge >= 0.3 is 0 Å². The Bertz CT molecular complexity index is 857. The van der Waals surface area contributed by atoms with Gasteiger partial charge in [0.1, 0.15) is 0 Å². The second-order valence-electron chi connectivity index (χ2n) is 8.62. The van der Waals surface area contributed by atoms with Crippen molar-refractivity contribution in [2.24, 2.45) is 0 Å². The third-order valence-corrected chi connectivity index (χ3v) is 7.39. The zero-order valence-electron chi connectivity index (χ0n) is 16.0. The van der Waals surface area contributed by atoms with Crippen LogP contribution < -0.4 is 0 Å². The number of hydrogen-bond donors (Lipinski definition) is 0. The van der Waals surface area contributed by atoms with Crippen molar-refractivity contribution in [3.8, 4) is 20.9 Å². The van der Waals surface area contributed by atoms with Gasteiger partial charge in [0.15, 0.2) is 11.6 Å². The summed E-state index contributed by atoms with van der Waals surface area (Å²) in [6.45, 7) is 12.7. The van der Waals surface area contributed by atoms with Crippen LogP contribution in [0.1, 0.15) is 51.3 Å². The number of thiophene rings is 2. The van der Waals surface area contributed by atoms with Crippen LogP contribution in [-0.4, -0.2) is 0 Å². The van der Waals surface area contributed by atoms with Gasteiger partial charge in [0.2, 0.25) is 0 Å². The fourth-order valence-corrected chi connectivity index (χ4v) is 4.87. The molecule has 0 bridgehead atoms. The maximum atomic E-state index is 14.8. The molecule has 0 saturated carbocycles. The van der Waals surface area contributed by atoms with Crippen molar-refractivity contribution in [2.75, 3.05) is 0 Å². The Morgan fingerprint density at radius 1 is 0.577 bits per heavy atom. The van der Waals surface area contributed by atoms with Crippen molar-refractivity contribution >= 4 is 22.7 Å². The molecule has 0 aliphatic carbocycles. The molecule has 0 amide bonds. The predicted molar refractivity (Wildman–Crippen MR) is 110 cm³/mol. The number of halogens is 2. The molecular formula is C22H24F2S2. The van der Waals surface area contributed by atoms with Crippen LogP contribution in [0.15, 0.2) is 36.4 Å². The van der Waals surface area contributed by atoms with Gasteiger partial charge in [-0.2, -0.15) is 0 Å². The third-order valence-electron chi connectivity index (χ3n) is 4.30. The minimum atomic E-state index is -0.768. The van der Waals surface area contributed by atoms with Gasteiger partial charge < -0.3 is 0 Å². The van der Waals surface area contributed by atoms with Crippen LogP contribution in [0.4, 0.5) is 8.78 Å². The van der Waals surface area contributed by atoms with Crippen molar-refractivity contribution in [3.05, 3.63) is 57.8 Å². The number of rotatable bonds is 2. The maximum Gasteiger partial charge on any atom is 0.168 e. The second-order valence-corrected chi connectivity index (χ2v) is 10.8. The molecule has 138 valence electrons. The van der Waals surface area contributed by atoms with E-state index in [1.54, 1.807) is 12.1 Å². The minimum absolute atomic E-state index is 0.00178. The molecule has 0 N–H and O–H groups in total. The van der Waals surface area contributed by atoms with Gasteiger partial charge in [-0.1, -0.05) is 41.5 Å². The van der Waals surface area contributed by atoms with Crippen LogP contribution >= 0.6 is 22.7 Å². The predicted octanol–water partition coefficient (Wildman–Crippen LogP) is 8.02. The summed E-state index contributed by atoms with van der Waals surface area (Å²) in [6.07, 6.45) is 0. The Morgan fingerprint density at radius 2 is 0.923 bits per heavy atom. The summed E-state index contributed by atoms with van der Waals surface area (Å²) in [5, 5.41) is 0. The lowest BCUT2D eigenvalue weighted by Gasteiger charge is -2.15. The van der Waals surface area contributed by atoms with E-state index in [2.05, 4.69) is 41.5 Å². The first-order valence-electron chi connectivity index (χ1n) is 8.68. The summed E-state index contributed by atoms with van der Waals surface area (Å²) in [4.78, 5) is 3.84. The van der Waals surface area contributed by atoms with E-state index in [9.17, 15) is 8.78 Å². The summed E-state index contributed by atoms with van der Waals surface area (Å²) in [6, 6.07) is 11.2. The lowest BCUT2D eigenvalue weighted by molar-refractivity contribution is 0.514. The normalized spacial score (nSPS) is 12.6. The highest BCUT2D eigenvalue weighted by atomic mass is 32.1. The summed E-state index contributed by atoms with van der Waals surface area (Å²) < 4.78 is 29.6. The molecule has 3 rings (SSSR count). The fraction of sp³-hybridized carbons (Fsp3) is 0.364. The first kappa shape index (κ1) is 19.2. The second kappa shape index (κ2) is 6.58. The molecule has 0 unspecified atom stereocenters. The highest BCUT2D eigenvalue weighted by Gasteiger charge is 2.22. The number of benzene rings is 1. The first-order chi connectivity index (χ1) is 12.0. The van der Waals surface area contributed by atoms with Crippen LogP contribution in [0.2, 0.25) is 0 Å². The zero-order valence-corrected chi connectivity index (χ0v) is 17.7. The molecule has 1 aromatic carbocycles. The Labute approximate surface area is 162 Å². The monoisotopic (exact) mass is 390 g/mol. The van der Waals surface area contributed by atoms with Gasteiger partial charge in [0.05, 0.1) is 0 Å². The van der Waals surface area contributed by atoms with Crippen LogP contribution in [0.5, 0.6) is 0 Å². The van der Waals surface area contributed by atoms with Gasteiger partial charge in [-0.25, -0.2) is 8.78 Å². The molecule has 0 fully saturated rings. The quantitative estimate of drug-likeness (QED) is 0.415. The van der Waals surface area contributed by atoms with Gasteiger partial charge in [0, 0.05) is 30.6 Å². The first-order valence-corrected chi connectivity index (χ1v) is 10.3. The van der Waals surface area contributed by atoms with Gasteiger partial charge in [-0.05, 0) is 47.2 Å². The molecule has 0 aliphatic rings. The average Bonchev–Trinajstić information content (AvgIpc) is 3.17. The smallest absolute Gasteiger partial charge is 0.168 e. The third kappa shape index (κ3) is 3.63.